The maximum Gasteiger partial charge on any atom is 0.268 e. The summed E-state index contributed by atoms with van der Waals surface area (Å²) in [5.41, 5.74) is 24.9. The van der Waals surface area contributed by atoms with Crippen LogP contribution in [0.2, 0.25) is 5.02 Å². The number of nitrogens with two attached hydrogens (primary N) is 4. The van der Waals surface area contributed by atoms with Gasteiger partial charge in [-0.2, -0.15) is 5.26 Å². The number of benzene rings is 2. The molecule has 0 radical (unpaired) electrons. The summed E-state index contributed by atoms with van der Waals surface area (Å²) in [5, 5.41) is 31.3. The zero-order chi connectivity index (χ0) is 39.9. The third kappa shape index (κ3) is 12.2. The number of carbonyl (C=O) groups is 6. The van der Waals surface area contributed by atoms with Crippen molar-refractivity contribution < 1.29 is 38.3 Å². The maximum atomic E-state index is 13.1. The van der Waals surface area contributed by atoms with Gasteiger partial charge in [-0.05, 0) is 68.1 Å². The van der Waals surface area contributed by atoms with Gasteiger partial charge in [-0.3, -0.25) is 28.8 Å². The number of aliphatic hydroxyl groups is 1. The fraction of sp³-hybridized carbons (Fsp3) is 0.353. The molecule has 20 heteroatoms. The van der Waals surface area contributed by atoms with E-state index in [4.69, 9.17) is 44.2 Å². The van der Waals surface area contributed by atoms with Gasteiger partial charge in [0.25, 0.3) is 23.5 Å². The smallest absolute Gasteiger partial charge is 0.268 e. The Hall–Kier alpha value is -5.75. The molecule has 0 fully saturated rings. The topological polar surface area (TPSA) is 337 Å². The largest absolute Gasteiger partial charge is 0.423 e. The van der Waals surface area contributed by atoms with Gasteiger partial charge in [0.05, 0.1) is 12.3 Å². The standard InChI is InChI=1S/C34H42ClN11O8/c1-17(47)25(44-31(51)24(15-38)43-29(49)20-7-5-18(6-8-20)19-9-11-21(35)12-10-19)32(52)46-28(40)33(53)42-23(4-2-3-13-36)30(50)45-27(39)26(48)34-41-16-22(14-37)54-34/h5-12,16-17,23-25,27-28,47H,2-4,13,15,36,38-40H2,1H3,(H,42,53)(H,43,49)(H,44,51)(H,45,50)(H,46,52)/t17-,23+,24+,25+,27-,28-/m1/s1. The summed E-state index contributed by atoms with van der Waals surface area (Å²) in [6.07, 6.45) is -3.12. The number of hydrogen-bond acceptors (Lipinski definition) is 14. The lowest BCUT2D eigenvalue weighted by Gasteiger charge is -2.26. The molecule has 0 bridgehead atoms. The predicted molar refractivity (Wildman–Crippen MR) is 193 cm³/mol. The molecule has 2 aromatic carbocycles. The lowest BCUT2D eigenvalue weighted by molar-refractivity contribution is -0.135. The Kier molecular flexibility index (Phi) is 16.2. The Balaban J connectivity index is 1.60. The molecule has 0 aliphatic carbocycles. The van der Waals surface area contributed by atoms with Crippen molar-refractivity contribution in [1.82, 2.24) is 31.6 Å². The van der Waals surface area contributed by atoms with Gasteiger partial charge >= 0.3 is 0 Å². The molecule has 1 heterocycles. The van der Waals surface area contributed by atoms with Crippen molar-refractivity contribution in [1.29, 1.82) is 5.26 Å². The molecule has 54 heavy (non-hydrogen) atoms. The molecule has 1 aromatic heterocycles. The van der Waals surface area contributed by atoms with Crippen LogP contribution >= 0.6 is 11.6 Å². The van der Waals surface area contributed by atoms with E-state index in [9.17, 15) is 33.9 Å². The van der Waals surface area contributed by atoms with Crippen LogP contribution in [0.25, 0.3) is 11.1 Å². The molecule has 3 rings (SSSR count). The molecular formula is C34H42ClN11O8. The van der Waals surface area contributed by atoms with Crippen molar-refractivity contribution in [3.8, 4) is 17.2 Å². The van der Waals surface area contributed by atoms with Crippen LogP contribution in [-0.4, -0.2) is 95.1 Å². The molecule has 0 unspecified atom stereocenters. The molecule has 0 saturated carbocycles. The Morgan fingerprint density at radius 3 is 1.96 bits per heavy atom. The lowest BCUT2D eigenvalue weighted by atomic mass is 10.0. The number of rotatable bonds is 19. The van der Waals surface area contributed by atoms with Gasteiger partial charge < -0.3 is 59.0 Å². The molecular weight excluding hydrogens is 726 g/mol. The van der Waals surface area contributed by atoms with Crippen LogP contribution in [0.4, 0.5) is 0 Å². The number of hydrogen-bond donors (Lipinski definition) is 10. The second kappa shape index (κ2) is 20.5. The van der Waals surface area contributed by atoms with Crippen molar-refractivity contribution in [2.45, 2.75) is 62.7 Å². The molecule has 0 spiro atoms. The zero-order valence-corrected chi connectivity index (χ0v) is 29.8. The van der Waals surface area contributed by atoms with E-state index in [0.717, 1.165) is 17.3 Å². The number of amides is 5. The van der Waals surface area contributed by atoms with Crippen LogP contribution in [0.5, 0.6) is 0 Å². The van der Waals surface area contributed by atoms with E-state index in [1.807, 2.05) is 12.1 Å². The number of aromatic nitrogens is 1. The van der Waals surface area contributed by atoms with Crippen LogP contribution in [0.3, 0.4) is 0 Å². The second-order valence-electron chi connectivity index (χ2n) is 11.9. The number of ketones is 1. The summed E-state index contributed by atoms with van der Waals surface area (Å²) in [4.78, 5) is 81.4. The minimum Gasteiger partial charge on any atom is -0.423 e. The van der Waals surface area contributed by atoms with Gasteiger partial charge in [-0.25, -0.2) is 4.98 Å². The van der Waals surface area contributed by atoms with Crippen LogP contribution in [0.15, 0.2) is 59.1 Å². The first kappa shape index (κ1) is 42.7. The van der Waals surface area contributed by atoms with E-state index >= 15 is 0 Å². The Labute approximate surface area is 314 Å². The average Bonchev–Trinajstić information content (AvgIpc) is 3.64. The van der Waals surface area contributed by atoms with Crippen LogP contribution < -0.4 is 49.5 Å². The highest BCUT2D eigenvalue weighted by Gasteiger charge is 2.33. The van der Waals surface area contributed by atoms with E-state index in [1.54, 1.807) is 42.5 Å². The summed E-state index contributed by atoms with van der Waals surface area (Å²) in [6, 6.07) is 11.0. The minimum absolute atomic E-state index is 0.0268. The number of unbranched alkanes of at least 4 members (excludes halogenated alkanes) is 1. The Morgan fingerprint density at radius 1 is 0.815 bits per heavy atom. The monoisotopic (exact) mass is 767 g/mol. The zero-order valence-electron chi connectivity index (χ0n) is 29.1. The number of nitriles is 1. The first-order valence-corrected chi connectivity index (χ1v) is 16.9. The van der Waals surface area contributed by atoms with Crippen molar-refractivity contribution in [3.05, 3.63) is 77.0 Å². The number of oxazole rings is 1. The number of Topliss-reactive ketones (excluding diaryl/α,β-unsaturated/α-hetero) is 1. The molecule has 0 saturated heterocycles. The normalized spacial score (nSPS) is 14.2. The van der Waals surface area contributed by atoms with E-state index in [2.05, 4.69) is 31.6 Å². The number of nitrogens with zero attached hydrogens (tertiary/aromatic N) is 2. The highest BCUT2D eigenvalue weighted by atomic mass is 35.5. The van der Waals surface area contributed by atoms with E-state index in [0.29, 0.717) is 17.9 Å². The van der Waals surface area contributed by atoms with Gasteiger partial charge in [0.2, 0.25) is 23.5 Å². The minimum atomic E-state index is -1.80. The number of carbonyl (C=O) groups excluding carboxylic acids is 6. The summed E-state index contributed by atoms with van der Waals surface area (Å²) in [6.45, 7) is 1.09. The summed E-state index contributed by atoms with van der Waals surface area (Å²) >= 11 is 5.95. The van der Waals surface area contributed by atoms with Gasteiger partial charge in [0, 0.05) is 17.1 Å². The number of halogens is 1. The summed E-state index contributed by atoms with van der Waals surface area (Å²) in [7, 11) is 0. The van der Waals surface area contributed by atoms with Crippen molar-refractivity contribution >= 4 is 46.9 Å². The number of nitrogens with one attached hydrogen (secondary N) is 5. The predicted octanol–water partition coefficient (Wildman–Crippen LogP) is -1.91. The lowest BCUT2D eigenvalue weighted by Crippen LogP contribution is -2.63. The summed E-state index contributed by atoms with van der Waals surface area (Å²) < 4.78 is 4.94. The van der Waals surface area contributed by atoms with Crippen molar-refractivity contribution in [3.63, 3.8) is 0 Å². The Bertz CT molecular complexity index is 1830. The van der Waals surface area contributed by atoms with Crippen LogP contribution in [0, 0.1) is 11.3 Å². The van der Waals surface area contributed by atoms with Crippen molar-refractivity contribution in [2.24, 2.45) is 22.9 Å². The fourth-order valence-electron chi connectivity index (χ4n) is 4.81. The highest BCUT2D eigenvalue weighted by Crippen LogP contribution is 2.22. The van der Waals surface area contributed by atoms with E-state index in [-0.39, 0.29) is 30.8 Å². The van der Waals surface area contributed by atoms with Gasteiger partial charge in [0.15, 0.2) is 6.17 Å². The molecule has 19 nitrogen and oxygen atoms in total. The van der Waals surface area contributed by atoms with Gasteiger partial charge in [-0.1, -0.05) is 35.9 Å². The molecule has 0 aliphatic rings. The third-order valence-electron chi connectivity index (χ3n) is 7.81. The van der Waals surface area contributed by atoms with Crippen molar-refractivity contribution in [2.75, 3.05) is 13.1 Å². The molecule has 288 valence electrons. The van der Waals surface area contributed by atoms with Gasteiger partial charge in [0.1, 0.15) is 30.4 Å². The quantitative estimate of drug-likeness (QED) is 0.0362. The van der Waals surface area contributed by atoms with Crippen LogP contribution in [-0.2, 0) is 19.2 Å². The molecule has 14 N–H and O–H groups in total. The summed E-state index contributed by atoms with van der Waals surface area (Å²) in [5.74, 6) is -6.31. The van der Waals surface area contributed by atoms with E-state index in [1.165, 1.54) is 6.92 Å². The first-order chi connectivity index (χ1) is 25.7. The fourth-order valence-corrected chi connectivity index (χ4v) is 4.94. The van der Waals surface area contributed by atoms with Crippen LogP contribution in [0.1, 0.15) is 53.0 Å². The SMILES string of the molecule is C[C@@H](O)[C@H](NC(=O)[C@H](CN)NC(=O)c1ccc(-c2ccc(Cl)cc2)cc1)C(=O)N[C@@H](N)C(=O)N[C@@H](CCCCN)C(=O)N[C@@H](N)C(=O)c1ncc(C#N)o1. The average molecular weight is 768 g/mol. The molecule has 3 aromatic rings. The second-order valence-corrected chi connectivity index (χ2v) is 12.3. The maximum absolute atomic E-state index is 13.1. The molecule has 0 aliphatic heterocycles. The first-order valence-electron chi connectivity index (χ1n) is 16.6. The molecule has 5 amide bonds. The Morgan fingerprint density at radius 2 is 1.41 bits per heavy atom. The molecule has 6 atom stereocenters. The number of aliphatic hydroxyl groups excluding tert-OH is 1. The van der Waals surface area contributed by atoms with E-state index < -0.39 is 77.8 Å². The third-order valence-corrected chi connectivity index (χ3v) is 8.06. The van der Waals surface area contributed by atoms with Gasteiger partial charge in [-0.15, -0.1) is 0 Å². The highest BCUT2D eigenvalue weighted by molar-refractivity contribution is 6.30.